The maximum Gasteiger partial charge on any atom is 0.320 e. The number of nitrogens with zero attached hydrogens (tertiary/aromatic N) is 4. The molecule has 2 aliphatic rings. The average molecular weight is 421 g/mol. The molecule has 0 radical (unpaired) electrons. The standard InChI is InChI=1S/C18H17F2N5O3S/c1-9-13(14-21-6-7-24(14)17(19)20)29-18(22-9)23-12(26)8-25-15(27)10-4-2-3-5-11(10)16(25)28/h2-3,6-7,10-11,17H,4-5,8H2,1H3,(H,22,23,26)/t10-,11+. The number of halogens is 2. The Labute approximate surface area is 168 Å². The maximum atomic E-state index is 13.1. The molecule has 0 unspecified atom stereocenters. The molecule has 1 N–H and O–H groups in total. The Morgan fingerprint density at radius 1 is 1.28 bits per heavy atom. The molecule has 3 amide bonds. The normalized spacial score (nSPS) is 21.2. The van der Waals surface area contributed by atoms with E-state index in [2.05, 4.69) is 15.3 Å². The summed E-state index contributed by atoms with van der Waals surface area (Å²) in [4.78, 5) is 46.8. The van der Waals surface area contributed by atoms with Crippen LogP contribution in [0.25, 0.3) is 10.7 Å². The summed E-state index contributed by atoms with van der Waals surface area (Å²) in [5.41, 5.74) is 0.434. The number of aryl methyl sites for hydroxylation is 1. The van der Waals surface area contributed by atoms with Crippen LogP contribution >= 0.6 is 11.3 Å². The van der Waals surface area contributed by atoms with Gasteiger partial charge in [-0.25, -0.2) is 9.97 Å². The first-order valence-electron chi connectivity index (χ1n) is 8.95. The fraction of sp³-hybridized carbons (Fsp3) is 0.389. The van der Waals surface area contributed by atoms with Crippen molar-refractivity contribution in [1.29, 1.82) is 0 Å². The predicted octanol–water partition coefficient (Wildman–Crippen LogP) is 2.60. The Balaban J connectivity index is 1.46. The lowest BCUT2D eigenvalue weighted by molar-refractivity contribution is -0.142. The fourth-order valence-electron chi connectivity index (χ4n) is 3.63. The van der Waals surface area contributed by atoms with Crippen LogP contribution in [0.5, 0.6) is 0 Å². The molecule has 0 saturated carbocycles. The molecule has 0 aromatic carbocycles. The molecule has 4 rings (SSSR count). The highest BCUT2D eigenvalue weighted by molar-refractivity contribution is 7.19. The van der Waals surface area contributed by atoms with E-state index in [1.807, 2.05) is 12.2 Å². The Morgan fingerprint density at radius 3 is 2.55 bits per heavy atom. The number of amides is 3. The van der Waals surface area contributed by atoms with E-state index in [9.17, 15) is 23.2 Å². The average Bonchev–Trinajstić information content (AvgIpc) is 3.36. The highest BCUT2D eigenvalue weighted by Gasteiger charge is 2.47. The van der Waals surface area contributed by atoms with Crippen LogP contribution in [-0.4, -0.2) is 43.7 Å². The fourth-order valence-corrected chi connectivity index (χ4v) is 4.61. The number of carbonyl (C=O) groups excluding carboxylic acids is 3. The Kier molecular flexibility index (Phi) is 4.99. The van der Waals surface area contributed by atoms with Crippen molar-refractivity contribution in [3.63, 3.8) is 0 Å². The van der Waals surface area contributed by atoms with Gasteiger partial charge in [-0.1, -0.05) is 23.5 Å². The molecular weight excluding hydrogens is 404 g/mol. The summed E-state index contributed by atoms with van der Waals surface area (Å²) in [5, 5.41) is 2.73. The number of anilines is 1. The highest BCUT2D eigenvalue weighted by atomic mass is 32.1. The second-order valence-corrected chi connectivity index (χ2v) is 7.83. The second kappa shape index (κ2) is 7.47. The number of hydrogen-bond donors (Lipinski definition) is 1. The molecule has 2 aromatic heterocycles. The Hall–Kier alpha value is -2.95. The van der Waals surface area contributed by atoms with E-state index < -0.39 is 30.8 Å². The number of imide groups is 1. The van der Waals surface area contributed by atoms with Gasteiger partial charge >= 0.3 is 6.55 Å². The van der Waals surface area contributed by atoms with Crippen molar-refractivity contribution in [3.05, 3.63) is 30.2 Å². The van der Waals surface area contributed by atoms with Crippen molar-refractivity contribution in [3.8, 4) is 10.7 Å². The van der Waals surface area contributed by atoms with Crippen LogP contribution in [-0.2, 0) is 14.4 Å². The zero-order chi connectivity index (χ0) is 20.7. The van der Waals surface area contributed by atoms with Crippen LogP contribution in [0.15, 0.2) is 24.5 Å². The molecule has 2 aromatic rings. The number of thiazole rings is 1. The minimum atomic E-state index is -2.75. The third kappa shape index (κ3) is 3.46. The van der Waals surface area contributed by atoms with Crippen LogP contribution in [0.1, 0.15) is 25.1 Å². The highest BCUT2D eigenvalue weighted by Crippen LogP contribution is 2.36. The first-order chi connectivity index (χ1) is 13.9. The molecule has 8 nitrogen and oxygen atoms in total. The van der Waals surface area contributed by atoms with E-state index in [1.165, 1.54) is 6.20 Å². The lowest BCUT2D eigenvalue weighted by Crippen LogP contribution is -2.38. The molecule has 1 aliphatic heterocycles. The van der Waals surface area contributed by atoms with E-state index in [0.717, 1.165) is 22.4 Å². The molecule has 29 heavy (non-hydrogen) atoms. The van der Waals surface area contributed by atoms with Gasteiger partial charge in [0.1, 0.15) is 6.54 Å². The molecule has 11 heteroatoms. The summed E-state index contributed by atoms with van der Waals surface area (Å²) in [5.74, 6) is -2.00. The van der Waals surface area contributed by atoms with Crippen LogP contribution < -0.4 is 5.32 Å². The molecule has 1 fully saturated rings. The molecule has 1 aliphatic carbocycles. The Morgan fingerprint density at radius 2 is 1.93 bits per heavy atom. The Bertz CT molecular complexity index is 989. The van der Waals surface area contributed by atoms with Crippen LogP contribution in [0.2, 0.25) is 0 Å². The van der Waals surface area contributed by atoms with Gasteiger partial charge in [0.25, 0.3) is 0 Å². The topological polar surface area (TPSA) is 97.2 Å². The van der Waals surface area contributed by atoms with Gasteiger partial charge in [-0.05, 0) is 19.8 Å². The number of fused-ring (bicyclic) bond motifs is 1. The van der Waals surface area contributed by atoms with Gasteiger partial charge in [-0.15, -0.1) is 0 Å². The van der Waals surface area contributed by atoms with Crippen molar-refractivity contribution in [2.24, 2.45) is 11.8 Å². The van der Waals surface area contributed by atoms with E-state index in [-0.39, 0.29) is 22.8 Å². The van der Waals surface area contributed by atoms with E-state index in [1.54, 1.807) is 6.92 Å². The number of aromatic nitrogens is 3. The summed E-state index contributed by atoms with van der Waals surface area (Å²) < 4.78 is 26.9. The van der Waals surface area contributed by atoms with Gasteiger partial charge in [0, 0.05) is 12.4 Å². The minimum absolute atomic E-state index is 0.0528. The SMILES string of the molecule is Cc1nc(NC(=O)CN2C(=O)[C@H]3CC=CC[C@H]3C2=O)sc1-c1nccn1C(F)F. The van der Waals surface area contributed by atoms with Crippen molar-refractivity contribution >= 4 is 34.2 Å². The summed E-state index contributed by atoms with van der Waals surface area (Å²) >= 11 is 0.999. The van der Waals surface area contributed by atoms with Gasteiger partial charge < -0.3 is 5.32 Å². The number of allylic oxidation sites excluding steroid dienone is 2. The van der Waals surface area contributed by atoms with E-state index in [0.29, 0.717) is 28.0 Å². The van der Waals surface area contributed by atoms with Gasteiger partial charge in [-0.3, -0.25) is 23.9 Å². The second-order valence-electron chi connectivity index (χ2n) is 6.84. The number of carbonyl (C=O) groups is 3. The van der Waals surface area contributed by atoms with Gasteiger partial charge in [-0.2, -0.15) is 8.78 Å². The number of imidazole rings is 1. The summed E-state index contributed by atoms with van der Waals surface area (Å²) in [7, 11) is 0. The van der Waals surface area contributed by atoms with E-state index >= 15 is 0 Å². The number of rotatable bonds is 5. The smallest absolute Gasteiger partial charge is 0.300 e. The van der Waals surface area contributed by atoms with Gasteiger partial charge in [0.05, 0.1) is 22.4 Å². The zero-order valence-electron chi connectivity index (χ0n) is 15.3. The number of nitrogens with one attached hydrogen (secondary N) is 1. The third-order valence-corrected chi connectivity index (χ3v) is 6.09. The molecular formula is C18H17F2N5O3S. The number of likely N-dealkylation sites (tertiary alicyclic amines) is 1. The van der Waals surface area contributed by atoms with Crippen molar-refractivity contribution < 1.29 is 23.2 Å². The van der Waals surface area contributed by atoms with Crippen molar-refractivity contribution in [2.45, 2.75) is 26.3 Å². The quantitative estimate of drug-likeness (QED) is 0.591. The molecule has 0 spiro atoms. The number of alkyl halides is 2. The third-order valence-electron chi connectivity index (χ3n) is 5.03. The summed E-state index contributed by atoms with van der Waals surface area (Å²) in [6, 6.07) is 0. The molecule has 0 bridgehead atoms. The maximum absolute atomic E-state index is 13.1. The number of hydrogen-bond acceptors (Lipinski definition) is 6. The lowest BCUT2D eigenvalue weighted by Gasteiger charge is -2.14. The van der Waals surface area contributed by atoms with Crippen molar-refractivity contribution in [2.75, 3.05) is 11.9 Å². The molecule has 3 heterocycles. The minimum Gasteiger partial charge on any atom is -0.300 e. The molecule has 2 atom stereocenters. The first-order valence-corrected chi connectivity index (χ1v) is 9.77. The zero-order valence-corrected chi connectivity index (χ0v) is 16.2. The monoisotopic (exact) mass is 421 g/mol. The van der Waals surface area contributed by atoms with E-state index in [4.69, 9.17) is 0 Å². The van der Waals surface area contributed by atoms with Crippen molar-refractivity contribution in [1.82, 2.24) is 19.4 Å². The van der Waals surface area contributed by atoms with Crippen LogP contribution in [0.3, 0.4) is 0 Å². The molecule has 1 saturated heterocycles. The van der Waals surface area contributed by atoms with Gasteiger partial charge in [0.15, 0.2) is 11.0 Å². The largest absolute Gasteiger partial charge is 0.320 e. The molecule has 152 valence electrons. The summed E-state index contributed by atoms with van der Waals surface area (Å²) in [6.07, 6.45) is 7.17. The lowest BCUT2D eigenvalue weighted by atomic mass is 9.85. The van der Waals surface area contributed by atoms with Crippen LogP contribution in [0.4, 0.5) is 13.9 Å². The predicted molar refractivity (Wildman–Crippen MR) is 100 cm³/mol. The first kappa shape index (κ1) is 19.4. The van der Waals surface area contributed by atoms with Crippen LogP contribution in [0, 0.1) is 18.8 Å². The van der Waals surface area contributed by atoms with Gasteiger partial charge in [0.2, 0.25) is 17.7 Å². The summed E-state index contributed by atoms with van der Waals surface area (Å²) in [6.45, 7) is -1.53.